The Morgan fingerprint density at radius 2 is 1.78 bits per heavy atom. The van der Waals surface area contributed by atoms with E-state index in [2.05, 4.69) is 16.9 Å². The van der Waals surface area contributed by atoms with Gasteiger partial charge in [0.25, 0.3) is 10.0 Å². The van der Waals surface area contributed by atoms with Crippen LogP contribution in [0.15, 0.2) is 59.1 Å². The van der Waals surface area contributed by atoms with Gasteiger partial charge in [-0.1, -0.05) is 18.2 Å². The predicted octanol–water partition coefficient (Wildman–Crippen LogP) is 3.08. The fourth-order valence-corrected chi connectivity index (χ4v) is 6.04. The number of hydrogen-bond donors (Lipinski definition) is 0. The van der Waals surface area contributed by atoms with E-state index in [4.69, 9.17) is 0 Å². The molecule has 0 unspecified atom stereocenters. The van der Waals surface area contributed by atoms with Gasteiger partial charge in [0.05, 0.1) is 5.69 Å². The van der Waals surface area contributed by atoms with Crippen LogP contribution < -0.4 is 4.41 Å². The molecule has 0 bridgehead atoms. The molecule has 6 nitrogen and oxygen atoms in total. The highest BCUT2D eigenvalue weighted by Crippen LogP contribution is 2.33. The number of likely N-dealkylation sites (N-methyl/N-ethyl adjacent to an activating group) is 1. The van der Waals surface area contributed by atoms with E-state index in [9.17, 15) is 8.42 Å². The molecular formula is C18H21ClN4O2S2. The highest BCUT2D eigenvalue weighted by Gasteiger charge is 2.33. The number of pyridine rings is 1. The normalized spacial score (nSPS) is 16.2. The SMILES string of the molecule is CN1CCN(N(c2ccccc2)S(=O)(=O)c2cc3cnccc3s2)CC1.Cl. The fraction of sp³-hybridized carbons (Fsp3) is 0.278. The highest BCUT2D eigenvalue weighted by molar-refractivity contribution is 7.94. The Balaban J connectivity index is 0.00000210. The summed E-state index contributed by atoms with van der Waals surface area (Å²) in [6, 6.07) is 12.9. The zero-order valence-corrected chi connectivity index (χ0v) is 17.3. The maximum atomic E-state index is 13.5. The van der Waals surface area contributed by atoms with Gasteiger partial charge in [-0.15, -0.1) is 23.7 Å². The number of hydrazine groups is 1. The summed E-state index contributed by atoms with van der Waals surface area (Å²) >= 11 is 1.29. The highest BCUT2D eigenvalue weighted by atomic mass is 35.5. The maximum Gasteiger partial charge on any atom is 0.287 e. The molecule has 2 aromatic heterocycles. The second kappa shape index (κ2) is 8.12. The van der Waals surface area contributed by atoms with E-state index in [1.165, 1.54) is 15.8 Å². The van der Waals surface area contributed by atoms with Crippen LogP contribution in [-0.2, 0) is 10.0 Å². The number of fused-ring (bicyclic) bond motifs is 1. The minimum Gasteiger partial charge on any atom is -0.304 e. The van der Waals surface area contributed by atoms with E-state index in [1.807, 2.05) is 41.4 Å². The molecule has 0 amide bonds. The molecular weight excluding hydrogens is 404 g/mol. The Labute approximate surface area is 169 Å². The number of anilines is 1. The Hall–Kier alpha value is -1.71. The zero-order valence-electron chi connectivity index (χ0n) is 14.9. The van der Waals surface area contributed by atoms with Gasteiger partial charge in [-0.3, -0.25) is 4.98 Å². The molecule has 0 atom stereocenters. The number of rotatable bonds is 4. The molecule has 0 spiro atoms. The van der Waals surface area contributed by atoms with E-state index >= 15 is 0 Å². The van der Waals surface area contributed by atoms with Crippen LogP contribution >= 0.6 is 23.7 Å². The van der Waals surface area contributed by atoms with Crippen LogP contribution in [0, 0.1) is 0 Å². The molecule has 144 valence electrons. The van der Waals surface area contributed by atoms with Gasteiger partial charge in [0.15, 0.2) is 0 Å². The van der Waals surface area contributed by atoms with E-state index < -0.39 is 10.0 Å². The van der Waals surface area contributed by atoms with E-state index in [0.717, 1.165) is 23.2 Å². The second-order valence-electron chi connectivity index (χ2n) is 6.32. The van der Waals surface area contributed by atoms with Crippen molar-refractivity contribution in [2.45, 2.75) is 4.21 Å². The summed E-state index contributed by atoms with van der Waals surface area (Å²) in [6.45, 7) is 2.98. The lowest BCUT2D eigenvalue weighted by Crippen LogP contribution is -2.54. The second-order valence-corrected chi connectivity index (χ2v) is 9.40. The molecule has 1 aliphatic heterocycles. The van der Waals surface area contributed by atoms with Crippen LogP contribution in [0.2, 0.25) is 0 Å². The summed E-state index contributed by atoms with van der Waals surface area (Å²) in [6.07, 6.45) is 3.39. The minimum atomic E-state index is -3.70. The standard InChI is InChI=1S/C18H20N4O2S2.ClH/c1-20-9-11-21(12-10-20)22(16-5-3-2-4-6-16)26(23,24)18-13-15-14-19-8-7-17(15)25-18;/h2-8,13-14H,9-12H2,1H3;1H. The van der Waals surface area contributed by atoms with Crippen LogP contribution in [0.4, 0.5) is 5.69 Å². The zero-order chi connectivity index (χ0) is 18.1. The average molecular weight is 425 g/mol. The third-order valence-corrected chi connectivity index (χ3v) is 7.81. The first-order valence-electron chi connectivity index (χ1n) is 8.43. The number of piperazine rings is 1. The van der Waals surface area contributed by atoms with Gasteiger partial charge in [-0.25, -0.2) is 5.01 Å². The molecule has 3 aromatic rings. The third-order valence-electron chi connectivity index (χ3n) is 4.49. The molecule has 1 aliphatic rings. The summed E-state index contributed by atoms with van der Waals surface area (Å²) < 4.78 is 29.8. The average Bonchev–Trinajstić information content (AvgIpc) is 3.09. The lowest BCUT2D eigenvalue weighted by Gasteiger charge is -2.40. The number of nitrogens with zero attached hydrogens (tertiary/aromatic N) is 4. The smallest absolute Gasteiger partial charge is 0.287 e. The number of hydrogen-bond acceptors (Lipinski definition) is 6. The molecule has 0 radical (unpaired) electrons. The van der Waals surface area contributed by atoms with Gasteiger partial charge in [-0.2, -0.15) is 12.8 Å². The number of aromatic nitrogens is 1. The number of para-hydroxylation sites is 1. The largest absolute Gasteiger partial charge is 0.304 e. The van der Waals surface area contributed by atoms with Gasteiger partial charge >= 0.3 is 0 Å². The van der Waals surface area contributed by atoms with Crippen LogP contribution in [0.25, 0.3) is 10.1 Å². The van der Waals surface area contributed by atoms with Gasteiger partial charge in [0.2, 0.25) is 0 Å². The number of benzene rings is 1. The van der Waals surface area contributed by atoms with Gasteiger partial charge in [0, 0.05) is 48.7 Å². The van der Waals surface area contributed by atoms with Crippen molar-refractivity contribution in [2.24, 2.45) is 0 Å². The van der Waals surface area contributed by atoms with E-state index in [1.54, 1.807) is 18.5 Å². The van der Waals surface area contributed by atoms with Crippen molar-refractivity contribution in [1.82, 2.24) is 14.9 Å². The molecule has 0 N–H and O–H groups in total. The molecule has 0 aliphatic carbocycles. The molecule has 0 saturated carbocycles. The third kappa shape index (κ3) is 3.95. The van der Waals surface area contributed by atoms with Crippen molar-refractivity contribution < 1.29 is 8.42 Å². The lowest BCUT2D eigenvalue weighted by molar-refractivity contribution is 0.161. The van der Waals surface area contributed by atoms with Crippen molar-refractivity contribution >= 4 is 49.5 Å². The molecule has 1 aromatic carbocycles. The predicted molar refractivity (Wildman–Crippen MR) is 112 cm³/mol. The molecule has 3 heterocycles. The summed E-state index contributed by atoms with van der Waals surface area (Å²) in [4.78, 5) is 6.30. The molecule has 27 heavy (non-hydrogen) atoms. The Morgan fingerprint density at radius 1 is 1.07 bits per heavy atom. The lowest BCUT2D eigenvalue weighted by atomic mass is 10.3. The van der Waals surface area contributed by atoms with Crippen molar-refractivity contribution in [3.63, 3.8) is 0 Å². The Kier molecular flexibility index (Phi) is 6.02. The summed E-state index contributed by atoms with van der Waals surface area (Å²) in [7, 11) is -1.65. The fourth-order valence-electron chi connectivity index (χ4n) is 3.06. The van der Waals surface area contributed by atoms with Crippen LogP contribution in [0.1, 0.15) is 0 Å². The Bertz CT molecular complexity index is 969. The Morgan fingerprint density at radius 3 is 2.44 bits per heavy atom. The summed E-state index contributed by atoms with van der Waals surface area (Å²) in [5.41, 5.74) is 0.660. The molecule has 1 saturated heterocycles. The summed E-state index contributed by atoms with van der Waals surface area (Å²) in [5.74, 6) is 0. The number of halogens is 1. The van der Waals surface area contributed by atoms with Crippen molar-refractivity contribution in [2.75, 3.05) is 37.6 Å². The number of thiophene rings is 1. The topological polar surface area (TPSA) is 56.8 Å². The van der Waals surface area contributed by atoms with E-state index in [0.29, 0.717) is 23.0 Å². The first-order chi connectivity index (χ1) is 12.6. The molecule has 1 fully saturated rings. The molecule has 9 heteroatoms. The van der Waals surface area contributed by atoms with Crippen molar-refractivity contribution in [3.8, 4) is 0 Å². The quantitative estimate of drug-likeness (QED) is 0.644. The monoisotopic (exact) mass is 424 g/mol. The van der Waals surface area contributed by atoms with Crippen LogP contribution in [0.5, 0.6) is 0 Å². The van der Waals surface area contributed by atoms with Crippen LogP contribution in [-0.4, -0.2) is 56.5 Å². The van der Waals surface area contributed by atoms with Crippen molar-refractivity contribution in [3.05, 3.63) is 54.9 Å². The van der Waals surface area contributed by atoms with Gasteiger partial charge in [-0.05, 0) is 31.3 Å². The minimum absolute atomic E-state index is 0. The molecule has 4 rings (SSSR count). The van der Waals surface area contributed by atoms with Gasteiger partial charge < -0.3 is 4.90 Å². The van der Waals surface area contributed by atoms with Gasteiger partial charge in [0.1, 0.15) is 4.21 Å². The first-order valence-corrected chi connectivity index (χ1v) is 10.7. The number of sulfonamides is 1. The van der Waals surface area contributed by atoms with Crippen LogP contribution in [0.3, 0.4) is 0 Å². The maximum absolute atomic E-state index is 13.5. The van der Waals surface area contributed by atoms with Crippen molar-refractivity contribution in [1.29, 1.82) is 0 Å². The summed E-state index contributed by atoms with van der Waals surface area (Å²) in [5, 5.41) is 2.77. The first kappa shape index (κ1) is 20.0. The van der Waals surface area contributed by atoms with E-state index in [-0.39, 0.29) is 12.4 Å².